The number of rotatable bonds is 3. The highest BCUT2D eigenvalue weighted by atomic mass is 79.9. The molecule has 1 aliphatic rings. The Morgan fingerprint density at radius 3 is 2.79 bits per heavy atom. The quantitative estimate of drug-likeness (QED) is 0.750. The molecule has 1 N–H and O–H groups in total. The summed E-state index contributed by atoms with van der Waals surface area (Å²) in [5, 5.41) is 0. The summed E-state index contributed by atoms with van der Waals surface area (Å²) in [5.74, 6) is 1.53. The van der Waals surface area contributed by atoms with E-state index in [2.05, 4.69) is 30.8 Å². The minimum Gasteiger partial charge on any atom is -0.453 e. The van der Waals surface area contributed by atoms with Crippen molar-refractivity contribution >= 4 is 15.9 Å². The third kappa shape index (κ3) is 3.07. The minimum atomic E-state index is -0.0517. The van der Waals surface area contributed by atoms with Crippen molar-refractivity contribution in [2.75, 3.05) is 6.54 Å². The summed E-state index contributed by atoms with van der Waals surface area (Å²) in [6, 6.07) is 13.6. The fourth-order valence-corrected chi connectivity index (χ4v) is 3.35. The van der Waals surface area contributed by atoms with Gasteiger partial charge in [-0.3, -0.25) is 9.69 Å². The number of aromatic amines is 1. The highest BCUT2D eigenvalue weighted by molar-refractivity contribution is 9.10. The van der Waals surface area contributed by atoms with Crippen LogP contribution in [0.25, 0.3) is 11.4 Å². The molecule has 0 amide bonds. The van der Waals surface area contributed by atoms with Crippen LogP contribution in [0.5, 0.6) is 0 Å². The second kappa shape index (κ2) is 6.37. The molecule has 0 aliphatic carbocycles. The molecule has 3 heterocycles. The van der Waals surface area contributed by atoms with Crippen LogP contribution in [0.2, 0.25) is 0 Å². The number of furan rings is 1. The second-order valence-corrected chi connectivity index (χ2v) is 6.65. The number of H-pyrrole nitrogens is 1. The number of nitrogens with zero attached hydrogens (tertiary/aromatic N) is 2. The molecule has 1 aromatic carbocycles. The lowest BCUT2D eigenvalue weighted by molar-refractivity contribution is 0.221. The van der Waals surface area contributed by atoms with Gasteiger partial charge in [-0.1, -0.05) is 30.3 Å². The Morgan fingerprint density at radius 1 is 1.21 bits per heavy atom. The molecule has 122 valence electrons. The van der Waals surface area contributed by atoms with E-state index in [-0.39, 0.29) is 5.56 Å². The lowest BCUT2D eigenvalue weighted by atomic mass is 10.1. The van der Waals surface area contributed by atoms with Crippen molar-refractivity contribution in [2.24, 2.45) is 0 Å². The highest BCUT2D eigenvalue weighted by Crippen LogP contribution is 2.21. The predicted octanol–water partition coefficient (Wildman–Crippen LogP) is 3.35. The summed E-state index contributed by atoms with van der Waals surface area (Å²) in [7, 11) is 0. The molecule has 1 aliphatic heterocycles. The number of hydrogen-bond acceptors (Lipinski definition) is 4. The molecular formula is C18H16BrN3O2. The minimum absolute atomic E-state index is 0.0517. The van der Waals surface area contributed by atoms with Crippen LogP contribution in [-0.2, 0) is 19.5 Å². The normalized spacial score (nSPS) is 14.5. The molecule has 0 saturated carbocycles. The van der Waals surface area contributed by atoms with Gasteiger partial charge >= 0.3 is 0 Å². The first kappa shape index (κ1) is 15.4. The molecule has 0 atom stereocenters. The van der Waals surface area contributed by atoms with Gasteiger partial charge in [0.1, 0.15) is 11.6 Å². The van der Waals surface area contributed by atoms with Crippen molar-refractivity contribution in [1.29, 1.82) is 0 Å². The van der Waals surface area contributed by atoms with E-state index in [4.69, 9.17) is 4.42 Å². The van der Waals surface area contributed by atoms with Crippen molar-refractivity contribution in [3.8, 4) is 11.4 Å². The first-order valence-electron chi connectivity index (χ1n) is 7.83. The maximum atomic E-state index is 12.5. The van der Waals surface area contributed by atoms with Gasteiger partial charge in [0.25, 0.3) is 5.56 Å². The van der Waals surface area contributed by atoms with E-state index in [1.165, 1.54) is 0 Å². The van der Waals surface area contributed by atoms with Gasteiger partial charge in [0.2, 0.25) is 0 Å². The summed E-state index contributed by atoms with van der Waals surface area (Å²) in [5.41, 5.74) is 2.53. The van der Waals surface area contributed by atoms with Crippen molar-refractivity contribution in [1.82, 2.24) is 14.9 Å². The van der Waals surface area contributed by atoms with Crippen LogP contribution in [0, 0.1) is 0 Å². The number of aromatic nitrogens is 2. The molecule has 4 rings (SSSR count). The molecule has 0 spiro atoms. The van der Waals surface area contributed by atoms with Crippen LogP contribution in [0.4, 0.5) is 0 Å². The third-order valence-corrected chi connectivity index (χ3v) is 4.63. The van der Waals surface area contributed by atoms with Gasteiger partial charge in [-0.05, 0) is 28.1 Å². The van der Waals surface area contributed by atoms with Crippen LogP contribution in [0.1, 0.15) is 17.0 Å². The first-order valence-corrected chi connectivity index (χ1v) is 8.62. The Hall–Kier alpha value is -2.18. The second-order valence-electron chi connectivity index (χ2n) is 5.87. The smallest absolute Gasteiger partial charge is 0.255 e. The van der Waals surface area contributed by atoms with Crippen molar-refractivity contribution in [3.63, 3.8) is 0 Å². The fourth-order valence-electron chi connectivity index (χ4n) is 3.01. The zero-order valence-electron chi connectivity index (χ0n) is 13.0. The molecule has 0 saturated heterocycles. The topological polar surface area (TPSA) is 62.1 Å². The summed E-state index contributed by atoms with van der Waals surface area (Å²) in [6.07, 6.45) is 0.765. The number of benzene rings is 1. The summed E-state index contributed by atoms with van der Waals surface area (Å²) >= 11 is 3.31. The number of hydrogen-bond donors (Lipinski definition) is 1. The standard InChI is InChI=1S/C18H16BrN3O2/c19-16-7-6-13(24-16)10-22-9-8-15-14(11-22)18(23)21-17(20-15)12-4-2-1-3-5-12/h1-7H,8-11H2,(H,20,21,23). The zero-order chi connectivity index (χ0) is 16.5. The fraction of sp³-hybridized carbons (Fsp3) is 0.222. The Labute approximate surface area is 147 Å². The van der Waals surface area contributed by atoms with Crippen molar-refractivity contribution < 1.29 is 4.42 Å². The van der Waals surface area contributed by atoms with E-state index in [1.54, 1.807) is 0 Å². The SMILES string of the molecule is O=c1[nH]c(-c2ccccc2)nc2c1CN(Cc1ccc(Br)o1)CC2. The van der Waals surface area contributed by atoms with E-state index in [9.17, 15) is 4.79 Å². The van der Waals surface area contributed by atoms with E-state index in [0.717, 1.165) is 40.2 Å². The van der Waals surface area contributed by atoms with Crippen LogP contribution >= 0.6 is 15.9 Å². The van der Waals surface area contributed by atoms with Crippen LogP contribution in [0.3, 0.4) is 0 Å². The molecule has 0 fully saturated rings. The van der Waals surface area contributed by atoms with E-state index < -0.39 is 0 Å². The molecule has 24 heavy (non-hydrogen) atoms. The van der Waals surface area contributed by atoms with Gasteiger partial charge in [-0.25, -0.2) is 4.98 Å². The summed E-state index contributed by atoms with van der Waals surface area (Å²) in [4.78, 5) is 22.3. The van der Waals surface area contributed by atoms with Crippen LogP contribution in [-0.4, -0.2) is 21.4 Å². The summed E-state index contributed by atoms with van der Waals surface area (Å²) < 4.78 is 6.28. The largest absolute Gasteiger partial charge is 0.453 e. The zero-order valence-corrected chi connectivity index (χ0v) is 14.5. The van der Waals surface area contributed by atoms with Crippen LogP contribution in [0.15, 0.2) is 56.3 Å². The number of halogens is 1. The molecule has 6 heteroatoms. The van der Waals surface area contributed by atoms with E-state index in [1.807, 2.05) is 42.5 Å². The molecule has 0 bridgehead atoms. The van der Waals surface area contributed by atoms with Crippen molar-refractivity contribution in [3.05, 3.63) is 74.5 Å². The predicted molar refractivity (Wildman–Crippen MR) is 94.5 cm³/mol. The van der Waals surface area contributed by atoms with Gasteiger partial charge < -0.3 is 9.40 Å². The Balaban J connectivity index is 1.59. The average Bonchev–Trinajstić information content (AvgIpc) is 3.01. The molecule has 5 nitrogen and oxygen atoms in total. The van der Waals surface area contributed by atoms with E-state index in [0.29, 0.717) is 18.9 Å². The molecule has 3 aromatic rings. The Morgan fingerprint density at radius 2 is 2.04 bits per heavy atom. The van der Waals surface area contributed by atoms with Gasteiger partial charge in [-0.15, -0.1) is 0 Å². The van der Waals surface area contributed by atoms with Gasteiger partial charge in [0, 0.05) is 25.1 Å². The number of nitrogens with one attached hydrogen (secondary N) is 1. The monoisotopic (exact) mass is 385 g/mol. The lowest BCUT2D eigenvalue weighted by Gasteiger charge is -2.26. The highest BCUT2D eigenvalue weighted by Gasteiger charge is 2.22. The van der Waals surface area contributed by atoms with Crippen LogP contribution < -0.4 is 5.56 Å². The summed E-state index contributed by atoms with van der Waals surface area (Å²) in [6.45, 7) is 2.13. The molecule has 2 aromatic heterocycles. The first-order chi connectivity index (χ1) is 11.7. The van der Waals surface area contributed by atoms with E-state index >= 15 is 0 Å². The maximum absolute atomic E-state index is 12.5. The maximum Gasteiger partial charge on any atom is 0.255 e. The van der Waals surface area contributed by atoms with Gasteiger partial charge in [0.05, 0.1) is 17.8 Å². The number of fused-ring (bicyclic) bond motifs is 1. The lowest BCUT2D eigenvalue weighted by Crippen LogP contribution is -2.35. The molecular weight excluding hydrogens is 370 g/mol. The molecule has 0 unspecified atom stereocenters. The van der Waals surface area contributed by atoms with Gasteiger partial charge in [-0.2, -0.15) is 0 Å². The Kier molecular flexibility index (Phi) is 4.08. The van der Waals surface area contributed by atoms with Crippen molar-refractivity contribution in [2.45, 2.75) is 19.5 Å². The third-order valence-electron chi connectivity index (χ3n) is 4.20. The van der Waals surface area contributed by atoms with Gasteiger partial charge in [0.15, 0.2) is 4.67 Å². The Bertz CT molecular complexity index is 918. The average molecular weight is 386 g/mol. The molecule has 0 radical (unpaired) electrons.